The van der Waals surface area contributed by atoms with Crippen molar-refractivity contribution in [3.63, 3.8) is 0 Å². The zero-order chi connectivity index (χ0) is 16.4. The van der Waals surface area contributed by atoms with E-state index >= 15 is 0 Å². The van der Waals surface area contributed by atoms with Crippen LogP contribution < -0.4 is 21.3 Å². The van der Waals surface area contributed by atoms with Crippen LogP contribution in [0.5, 0.6) is 0 Å². The van der Waals surface area contributed by atoms with E-state index in [0.29, 0.717) is 24.5 Å². The molecule has 8 nitrogen and oxygen atoms in total. The van der Waals surface area contributed by atoms with Crippen molar-refractivity contribution in [3.8, 4) is 6.07 Å². The van der Waals surface area contributed by atoms with Crippen molar-refractivity contribution in [1.82, 2.24) is 20.9 Å². The number of carbonyl (C=O) groups is 2. The molecule has 0 aliphatic carbocycles. The molecule has 22 heavy (non-hydrogen) atoms. The van der Waals surface area contributed by atoms with Crippen LogP contribution in [-0.4, -0.2) is 42.6 Å². The molecule has 1 aromatic heterocycles. The fraction of sp³-hybridized carbons (Fsp3) is 0.429. The Morgan fingerprint density at radius 1 is 1.32 bits per heavy atom. The van der Waals surface area contributed by atoms with Gasteiger partial charge in [0.1, 0.15) is 11.9 Å². The van der Waals surface area contributed by atoms with Crippen molar-refractivity contribution in [2.75, 3.05) is 25.0 Å². The summed E-state index contributed by atoms with van der Waals surface area (Å²) in [6, 6.07) is 4.97. The van der Waals surface area contributed by atoms with Crippen LogP contribution in [0.25, 0.3) is 0 Å². The van der Waals surface area contributed by atoms with Crippen molar-refractivity contribution in [2.45, 2.75) is 19.9 Å². The van der Waals surface area contributed by atoms with Gasteiger partial charge in [0.05, 0.1) is 12.1 Å². The molecule has 1 aromatic rings. The molecule has 0 aliphatic heterocycles. The van der Waals surface area contributed by atoms with Crippen molar-refractivity contribution < 1.29 is 9.59 Å². The predicted molar refractivity (Wildman–Crippen MR) is 82.1 cm³/mol. The Balaban J connectivity index is 2.20. The summed E-state index contributed by atoms with van der Waals surface area (Å²) in [6.07, 6.45) is 1.58. The molecule has 1 heterocycles. The maximum Gasteiger partial charge on any atom is 0.315 e. The summed E-state index contributed by atoms with van der Waals surface area (Å²) >= 11 is 0. The van der Waals surface area contributed by atoms with Gasteiger partial charge in [0.25, 0.3) is 0 Å². The number of aromatic nitrogens is 1. The third-order valence-corrected chi connectivity index (χ3v) is 2.49. The zero-order valence-corrected chi connectivity index (χ0v) is 12.6. The van der Waals surface area contributed by atoms with E-state index in [1.807, 2.05) is 19.9 Å². The largest absolute Gasteiger partial charge is 0.367 e. The van der Waals surface area contributed by atoms with Crippen LogP contribution in [-0.2, 0) is 4.79 Å². The lowest BCUT2D eigenvalue weighted by Gasteiger charge is -2.11. The van der Waals surface area contributed by atoms with Crippen LogP contribution in [0.3, 0.4) is 0 Å². The van der Waals surface area contributed by atoms with Crippen LogP contribution in [0.1, 0.15) is 19.4 Å². The van der Waals surface area contributed by atoms with Gasteiger partial charge in [0, 0.05) is 25.3 Å². The number of carbonyl (C=O) groups excluding carboxylic acids is 2. The number of rotatable bonds is 7. The number of nitrogens with zero attached hydrogens (tertiary/aromatic N) is 2. The highest BCUT2D eigenvalue weighted by atomic mass is 16.2. The smallest absolute Gasteiger partial charge is 0.315 e. The Hall–Kier alpha value is -2.82. The quantitative estimate of drug-likeness (QED) is 0.536. The Labute approximate surface area is 129 Å². The lowest BCUT2D eigenvalue weighted by atomic mass is 10.3. The van der Waals surface area contributed by atoms with Crippen molar-refractivity contribution in [3.05, 3.63) is 23.9 Å². The first kappa shape index (κ1) is 17.2. The first-order valence-corrected chi connectivity index (χ1v) is 6.93. The normalized spacial score (nSPS) is 9.73. The predicted octanol–water partition coefficient (Wildman–Crippen LogP) is 0.189. The molecule has 0 aromatic carbocycles. The van der Waals surface area contributed by atoms with Gasteiger partial charge in [-0.15, -0.1) is 0 Å². The van der Waals surface area contributed by atoms with Gasteiger partial charge in [-0.05, 0) is 26.0 Å². The van der Waals surface area contributed by atoms with Crippen LogP contribution >= 0.6 is 0 Å². The van der Waals surface area contributed by atoms with E-state index < -0.39 is 6.03 Å². The molecule has 0 unspecified atom stereocenters. The molecule has 0 atom stereocenters. The molecular weight excluding hydrogens is 284 g/mol. The van der Waals surface area contributed by atoms with E-state index in [-0.39, 0.29) is 18.5 Å². The first-order chi connectivity index (χ1) is 10.5. The van der Waals surface area contributed by atoms with Gasteiger partial charge in [-0.2, -0.15) is 5.26 Å². The topological polar surface area (TPSA) is 119 Å². The van der Waals surface area contributed by atoms with E-state index in [1.165, 1.54) is 0 Å². The lowest BCUT2D eigenvalue weighted by molar-refractivity contribution is -0.120. The van der Waals surface area contributed by atoms with E-state index in [9.17, 15) is 9.59 Å². The summed E-state index contributed by atoms with van der Waals surface area (Å²) in [5.41, 5.74) is 0.442. The van der Waals surface area contributed by atoms with Crippen LogP contribution in [0.4, 0.5) is 10.6 Å². The number of nitriles is 1. The molecule has 0 radical (unpaired) electrons. The number of anilines is 1. The molecule has 0 fully saturated rings. The maximum absolute atomic E-state index is 11.5. The van der Waals surface area contributed by atoms with Gasteiger partial charge in [-0.25, -0.2) is 9.78 Å². The summed E-state index contributed by atoms with van der Waals surface area (Å²) in [5, 5.41) is 19.6. The van der Waals surface area contributed by atoms with Crippen LogP contribution in [0.15, 0.2) is 18.3 Å². The van der Waals surface area contributed by atoms with Crippen LogP contribution in [0.2, 0.25) is 0 Å². The standard InChI is InChI=1S/C14H20N6O2/c1-10(2)20-12(21)9-19-14(22)18-7-6-17-13-11(8-15)4-3-5-16-13/h3-5,10H,6-7,9H2,1-2H3,(H,16,17)(H,20,21)(H2,18,19,22). The Kier molecular flexibility index (Phi) is 7.19. The molecule has 0 aliphatic rings. The number of hydrogen-bond acceptors (Lipinski definition) is 5. The monoisotopic (exact) mass is 304 g/mol. The van der Waals surface area contributed by atoms with Gasteiger partial charge < -0.3 is 21.3 Å². The Bertz CT molecular complexity index is 553. The number of hydrogen-bond donors (Lipinski definition) is 4. The number of pyridine rings is 1. The third-order valence-electron chi connectivity index (χ3n) is 2.49. The summed E-state index contributed by atoms with van der Waals surface area (Å²) in [6.45, 7) is 4.36. The average Bonchev–Trinajstić information content (AvgIpc) is 2.49. The molecule has 3 amide bonds. The lowest BCUT2D eigenvalue weighted by Crippen LogP contribution is -2.44. The number of amides is 3. The highest BCUT2D eigenvalue weighted by Crippen LogP contribution is 2.08. The Morgan fingerprint density at radius 3 is 2.77 bits per heavy atom. The average molecular weight is 304 g/mol. The fourth-order valence-corrected chi connectivity index (χ4v) is 1.59. The molecule has 0 bridgehead atoms. The molecule has 4 N–H and O–H groups in total. The summed E-state index contributed by atoms with van der Waals surface area (Å²) in [4.78, 5) is 26.8. The highest BCUT2D eigenvalue weighted by molar-refractivity contribution is 5.83. The van der Waals surface area contributed by atoms with E-state index in [0.717, 1.165) is 0 Å². The minimum Gasteiger partial charge on any atom is -0.367 e. The molecular formula is C14H20N6O2. The van der Waals surface area contributed by atoms with Gasteiger partial charge in [0.2, 0.25) is 5.91 Å². The van der Waals surface area contributed by atoms with E-state index in [4.69, 9.17) is 5.26 Å². The molecule has 0 saturated heterocycles. The minimum absolute atomic E-state index is 0.0364. The number of urea groups is 1. The fourth-order valence-electron chi connectivity index (χ4n) is 1.59. The van der Waals surface area contributed by atoms with Crippen molar-refractivity contribution in [1.29, 1.82) is 5.26 Å². The maximum atomic E-state index is 11.5. The molecule has 8 heteroatoms. The SMILES string of the molecule is CC(C)NC(=O)CNC(=O)NCCNc1ncccc1C#N. The molecule has 0 saturated carbocycles. The second-order valence-corrected chi connectivity index (χ2v) is 4.77. The van der Waals surface area contributed by atoms with Crippen LogP contribution in [0, 0.1) is 11.3 Å². The zero-order valence-electron chi connectivity index (χ0n) is 12.6. The van der Waals surface area contributed by atoms with Gasteiger partial charge in [-0.1, -0.05) is 0 Å². The Morgan fingerprint density at radius 2 is 2.09 bits per heavy atom. The summed E-state index contributed by atoms with van der Waals surface area (Å²) in [5.74, 6) is 0.235. The van der Waals surface area contributed by atoms with Crippen molar-refractivity contribution >= 4 is 17.8 Å². The third kappa shape index (κ3) is 6.56. The second-order valence-electron chi connectivity index (χ2n) is 4.77. The summed E-state index contributed by atoms with van der Waals surface area (Å²) < 4.78 is 0. The molecule has 1 rings (SSSR count). The second kappa shape index (κ2) is 9.18. The van der Waals surface area contributed by atoms with Crippen molar-refractivity contribution in [2.24, 2.45) is 0 Å². The molecule has 0 spiro atoms. The summed E-state index contributed by atoms with van der Waals surface area (Å²) in [7, 11) is 0. The van der Waals surface area contributed by atoms with E-state index in [2.05, 4.69) is 26.3 Å². The minimum atomic E-state index is -0.428. The van der Waals surface area contributed by atoms with E-state index in [1.54, 1.807) is 18.3 Å². The molecule has 118 valence electrons. The van der Waals surface area contributed by atoms with Gasteiger partial charge >= 0.3 is 6.03 Å². The first-order valence-electron chi connectivity index (χ1n) is 6.93. The number of nitrogens with one attached hydrogen (secondary N) is 4. The van der Waals surface area contributed by atoms with Gasteiger partial charge in [-0.3, -0.25) is 4.79 Å². The highest BCUT2D eigenvalue weighted by Gasteiger charge is 2.06. The van der Waals surface area contributed by atoms with Gasteiger partial charge in [0.15, 0.2) is 0 Å².